The highest BCUT2D eigenvalue weighted by molar-refractivity contribution is 6.30. The van der Waals surface area contributed by atoms with E-state index in [1.54, 1.807) is 22.9 Å². The number of aryl methyl sites for hydroxylation is 1. The fourth-order valence-electron chi connectivity index (χ4n) is 3.38. The predicted octanol–water partition coefficient (Wildman–Crippen LogP) is 3.53. The van der Waals surface area contributed by atoms with Crippen LogP contribution in [0.5, 0.6) is 0 Å². The Morgan fingerprint density at radius 1 is 1.24 bits per heavy atom. The van der Waals surface area contributed by atoms with Crippen molar-refractivity contribution < 1.29 is 0 Å². The molecule has 2 heterocycles. The lowest BCUT2D eigenvalue weighted by molar-refractivity contribution is 0.378. The van der Waals surface area contributed by atoms with Crippen LogP contribution in [-0.2, 0) is 5.44 Å². The molecule has 108 valence electrons. The maximum atomic E-state index is 12.6. The molecule has 2 aromatic rings. The van der Waals surface area contributed by atoms with Crippen LogP contribution in [-0.4, -0.2) is 17.4 Å². The Kier molecular flexibility index (Phi) is 3.83. The quantitative estimate of drug-likeness (QED) is 0.459. The molecule has 1 aliphatic rings. The zero-order chi connectivity index (χ0) is 15.0. The number of rotatable bonds is 1. The lowest BCUT2D eigenvalue weighted by atomic mass is 9.71. The zero-order valence-corrected chi connectivity index (χ0v) is 13.0. The molecular weight excluding hydrogens is 282 g/mol. The summed E-state index contributed by atoms with van der Waals surface area (Å²) in [6.07, 6.45) is 7.84. The molecule has 2 aromatic heterocycles. The minimum atomic E-state index is -0.621. The normalized spacial score (nSPS) is 18.6. The third-order valence-electron chi connectivity index (χ3n) is 4.49. The smallest absolute Gasteiger partial charge is 0.251 e. The molecule has 5 heteroatoms. The Labute approximate surface area is 130 Å². The Morgan fingerprint density at radius 2 is 1.90 bits per heavy atom. The molecular formula is C16H18BClN2O. The van der Waals surface area contributed by atoms with E-state index in [0.717, 1.165) is 42.1 Å². The van der Waals surface area contributed by atoms with Crippen LogP contribution in [0.4, 0.5) is 0 Å². The molecule has 3 nitrogen and oxygen atoms in total. The molecule has 0 spiro atoms. The van der Waals surface area contributed by atoms with Gasteiger partial charge in [0, 0.05) is 23.1 Å². The number of fused-ring (bicyclic) bond motifs is 1. The first-order valence-corrected chi connectivity index (χ1v) is 7.86. The van der Waals surface area contributed by atoms with Gasteiger partial charge in [-0.15, -0.1) is 0 Å². The van der Waals surface area contributed by atoms with Crippen molar-refractivity contribution in [1.29, 1.82) is 0 Å². The first-order chi connectivity index (χ1) is 10.0. The Morgan fingerprint density at radius 3 is 2.57 bits per heavy atom. The second-order valence-corrected chi connectivity index (χ2v) is 6.43. The number of halogens is 1. The third kappa shape index (κ3) is 2.62. The summed E-state index contributed by atoms with van der Waals surface area (Å²) in [6.45, 7) is 1.92. The van der Waals surface area contributed by atoms with Crippen LogP contribution in [0.2, 0.25) is 5.15 Å². The number of hydrogen-bond acceptors (Lipinski definition) is 2. The van der Waals surface area contributed by atoms with E-state index >= 15 is 0 Å². The van der Waals surface area contributed by atoms with Crippen molar-refractivity contribution in [2.24, 2.45) is 0 Å². The van der Waals surface area contributed by atoms with Gasteiger partial charge < -0.3 is 4.57 Å². The molecule has 0 aliphatic heterocycles. The van der Waals surface area contributed by atoms with Crippen molar-refractivity contribution in [3.63, 3.8) is 0 Å². The fraction of sp³-hybridized carbons (Fsp3) is 0.500. The van der Waals surface area contributed by atoms with Gasteiger partial charge in [-0.25, -0.2) is 4.98 Å². The van der Waals surface area contributed by atoms with Gasteiger partial charge in [0.05, 0.1) is 5.52 Å². The topological polar surface area (TPSA) is 34.9 Å². The maximum absolute atomic E-state index is 12.6. The van der Waals surface area contributed by atoms with Gasteiger partial charge in [0.1, 0.15) is 13.0 Å². The fourth-order valence-corrected chi connectivity index (χ4v) is 3.53. The second kappa shape index (κ2) is 5.49. The summed E-state index contributed by atoms with van der Waals surface area (Å²) >= 11 is 6.04. The van der Waals surface area contributed by atoms with Crippen molar-refractivity contribution in [3.05, 3.63) is 39.4 Å². The van der Waals surface area contributed by atoms with Crippen LogP contribution in [0.15, 0.2) is 23.1 Å². The van der Waals surface area contributed by atoms with Crippen LogP contribution in [0.3, 0.4) is 0 Å². The first kappa shape index (κ1) is 14.6. The molecule has 1 saturated carbocycles. The molecule has 0 bridgehead atoms. The Bertz CT molecular complexity index is 733. The largest absolute Gasteiger partial charge is 0.311 e. The van der Waals surface area contributed by atoms with Gasteiger partial charge in [0.25, 0.3) is 5.56 Å². The molecule has 3 rings (SSSR count). The van der Waals surface area contributed by atoms with Gasteiger partial charge >= 0.3 is 0 Å². The second-order valence-electron chi connectivity index (χ2n) is 6.04. The van der Waals surface area contributed by atoms with Crippen molar-refractivity contribution in [2.75, 3.05) is 0 Å². The summed E-state index contributed by atoms with van der Waals surface area (Å²) in [4.78, 5) is 16.7. The van der Waals surface area contributed by atoms with Crippen molar-refractivity contribution in [2.45, 2.75) is 50.9 Å². The van der Waals surface area contributed by atoms with E-state index in [9.17, 15) is 4.79 Å². The number of nitrogens with zero attached hydrogens (tertiary/aromatic N) is 2. The lowest BCUT2D eigenvalue weighted by Crippen LogP contribution is -2.41. The monoisotopic (exact) mass is 300 g/mol. The third-order valence-corrected chi connectivity index (χ3v) is 4.70. The van der Waals surface area contributed by atoms with Crippen LogP contribution in [0, 0.1) is 6.92 Å². The van der Waals surface area contributed by atoms with Crippen LogP contribution in [0.25, 0.3) is 10.9 Å². The van der Waals surface area contributed by atoms with Crippen LogP contribution >= 0.6 is 11.6 Å². The standard InChI is InChI=1S/C16H18BClN2O/c1-11-8-15(21)20(13-9-14(18)19-10-12(11)13)16(17)6-4-2-3-5-7-16/h8-10H,2-7H2,1H3. The highest BCUT2D eigenvalue weighted by Gasteiger charge is 2.29. The van der Waals surface area contributed by atoms with Crippen molar-refractivity contribution in [1.82, 2.24) is 9.55 Å². The van der Waals surface area contributed by atoms with Gasteiger partial charge in [-0.05, 0) is 31.4 Å². The van der Waals surface area contributed by atoms with E-state index < -0.39 is 5.44 Å². The van der Waals surface area contributed by atoms with E-state index in [0.29, 0.717) is 5.15 Å². The SMILES string of the molecule is [B]C1(n2c(=O)cc(C)c3cnc(Cl)cc32)CCCCCC1. The van der Waals surface area contributed by atoms with Crippen molar-refractivity contribution in [3.8, 4) is 0 Å². The highest BCUT2D eigenvalue weighted by atomic mass is 35.5. The molecule has 0 atom stereocenters. The van der Waals surface area contributed by atoms with Gasteiger partial charge in [-0.2, -0.15) is 0 Å². The predicted molar refractivity (Wildman–Crippen MR) is 87.2 cm³/mol. The highest BCUT2D eigenvalue weighted by Crippen LogP contribution is 2.33. The molecule has 0 amide bonds. The maximum Gasteiger partial charge on any atom is 0.251 e. The van der Waals surface area contributed by atoms with E-state index in [2.05, 4.69) is 4.98 Å². The van der Waals surface area contributed by atoms with Crippen molar-refractivity contribution >= 4 is 30.4 Å². The minimum Gasteiger partial charge on any atom is -0.311 e. The summed E-state index contributed by atoms with van der Waals surface area (Å²) in [6, 6.07) is 3.40. The Hall–Kier alpha value is -1.29. The minimum absolute atomic E-state index is 0.0494. The number of aromatic nitrogens is 2. The molecule has 1 fully saturated rings. The van der Waals surface area contributed by atoms with Crippen LogP contribution in [0.1, 0.15) is 44.1 Å². The summed E-state index contributed by atoms with van der Waals surface area (Å²) in [5, 5.41) is 1.33. The Balaban J connectivity index is 2.30. The van der Waals surface area contributed by atoms with Gasteiger partial charge in [0.15, 0.2) is 0 Å². The van der Waals surface area contributed by atoms with E-state index in [1.807, 2.05) is 6.92 Å². The molecule has 2 radical (unpaired) electrons. The average Bonchev–Trinajstić information content (AvgIpc) is 2.63. The molecule has 0 unspecified atom stereocenters. The van der Waals surface area contributed by atoms with E-state index in [1.165, 1.54) is 12.8 Å². The molecule has 0 saturated heterocycles. The van der Waals surface area contributed by atoms with E-state index in [-0.39, 0.29) is 5.56 Å². The molecule has 21 heavy (non-hydrogen) atoms. The zero-order valence-electron chi connectivity index (χ0n) is 12.2. The number of hydrogen-bond donors (Lipinski definition) is 0. The van der Waals surface area contributed by atoms with Gasteiger partial charge in [0.2, 0.25) is 0 Å². The van der Waals surface area contributed by atoms with Crippen LogP contribution < -0.4 is 5.56 Å². The molecule has 1 aliphatic carbocycles. The first-order valence-electron chi connectivity index (χ1n) is 7.48. The average molecular weight is 301 g/mol. The molecule has 0 aromatic carbocycles. The van der Waals surface area contributed by atoms with E-state index in [4.69, 9.17) is 19.4 Å². The summed E-state index contributed by atoms with van der Waals surface area (Å²) < 4.78 is 1.74. The van der Waals surface area contributed by atoms with Gasteiger partial charge in [-0.3, -0.25) is 4.79 Å². The number of pyridine rings is 2. The summed E-state index contributed by atoms with van der Waals surface area (Å²) in [7, 11) is 6.65. The lowest BCUT2D eigenvalue weighted by Gasteiger charge is -2.33. The molecule has 0 N–H and O–H groups in total. The summed E-state index contributed by atoms with van der Waals surface area (Å²) in [5.41, 5.74) is 1.04. The van der Waals surface area contributed by atoms with Gasteiger partial charge in [-0.1, -0.05) is 37.3 Å². The summed E-state index contributed by atoms with van der Waals surface area (Å²) in [5.74, 6) is 0.